The molecule has 0 saturated carbocycles. The Labute approximate surface area is 134 Å². The minimum absolute atomic E-state index is 0.0338. The zero-order chi connectivity index (χ0) is 16.0. The minimum Gasteiger partial charge on any atom is -0.494 e. The molecule has 0 unspecified atom stereocenters. The molecular weight excluding hydrogens is 274 g/mol. The number of unbranched alkanes of at least 4 members (excludes halogenated alkanes) is 4. The Morgan fingerprint density at radius 1 is 1.23 bits per heavy atom. The van der Waals surface area contributed by atoms with E-state index < -0.39 is 5.54 Å². The first kappa shape index (κ1) is 17.0. The van der Waals surface area contributed by atoms with Crippen molar-refractivity contribution in [2.24, 2.45) is 5.73 Å². The Balaban J connectivity index is 1.89. The standard InChI is InChI=1S/C19H29NO2/c1-3-4-5-6-7-10-22-18-9-8-15-11-17(12-16(15)13-18)19(2,20)14-21/h8-9,12-13,21H,3-7,10-11,14,20H2,1-2H3/t19-/m0/s1. The molecule has 22 heavy (non-hydrogen) atoms. The fourth-order valence-corrected chi connectivity index (χ4v) is 2.77. The number of aliphatic hydroxyl groups excluding tert-OH is 1. The summed E-state index contributed by atoms with van der Waals surface area (Å²) in [7, 11) is 0. The van der Waals surface area contributed by atoms with Gasteiger partial charge < -0.3 is 15.6 Å². The zero-order valence-electron chi connectivity index (χ0n) is 13.9. The molecule has 3 N–H and O–H groups in total. The first-order valence-electron chi connectivity index (χ1n) is 8.43. The lowest BCUT2D eigenvalue weighted by atomic mass is 9.92. The van der Waals surface area contributed by atoms with E-state index in [2.05, 4.69) is 25.1 Å². The molecule has 0 aliphatic heterocycles. The lowest BCUT2D eigenvalue weighted by Gasteiger charge is -2.23. The molecule has 1 aliphatic carbocycles. The van der Waals surface area contributed by atoms with Crippen molar-refractivity contribution >= 4 is 6.08 Å². The van der Waals surface area contributed by atoms with Crippen molar-refractivity contribution in [3.05, 3.63) is 34.9 Å². The second-order valence-corrected chi connectivity index (χ2v) is 6.55. The van der Waals surface area contributed by atoms with Crippen molar-refractivity contribution < 1.29 is 9.84 Å². The van der Waals surface area contributed by atoms with Gasteiger partial charge in [-0.1, -0.05) is 44.7 Å². The van der Waals surface area contributed by atoms with Crippen LogP contribution in [0.25, 0.3) is 6.08 Å². The van der Waals surface area contributed by atoms with Gasteiger partial charge in [0.25, 0.3) is 0 Å². The number of hydrogen-bond donors (Lipinski definition) is 2. The highest BCUT2D eigenvalue weighted by molar-refractivity contribution is 5.67. The van der Waals surface area contributed by atoms with Crippen LogP contribution in [0, 0.1) is 0 Å². The fraction of sp³-hybridized carbons (Fsp3) is 0.579. The molecule has 1 aliphatic rings. The van der Waals surface area contributed by atoms with Crippen LogP contribution in [-0.4, -0.2) is 23.9 Å². The molecule has 3 nitrogen and oxygen atoms in total. The normalized spacial score (nSPS) is 16.1. The van der Waals surface area contributed by atoms with Crippen LogP contribution in [0.5, 0.6) is 5.75 Å². The van der Waals surface area contributed by atoms with E-state index in [1.165, 1.54) is 36.8 Å². The van der Waals surface area contributed by atoms with E-state index in [1.54, 1.807) is 0 Å². The van der Waals surface area contributed by atoms with Crippen LogP contribution in [-0.2, 0) is 6.42 Å². The molecule has 0 aromatic heterocycles. The summed E-state index contributed by atoms with van der Waals surface area (Å²) in [6, 6.07) is 6.23. The second kappa shape index (κ2) is 7.80. The van der Waals surface area contributed by atoms with Crippen molar-refractivity contribution in [2.75, 3.05) is 13.2 Å². The van der Waals surface area contributed by atoms with Crippen molar-refractivity contribution in [1.29, 1.82) is 0 Å². The summed E-state index contributed by atoms with van der Waals surface area (Å²) in [4.78, 5) is 0. The summed E-state index contributed by atoms with van der Waals surface area (Å²) in [5.41, 5.74) is 9.00. The number of aliphatic hydroxyl groups is 1. The Bertz CT molecular complexity index is 520. The molecule has 0 saturated heterocycles. The number of fused-ring (bicyclic) bond motifs is 1. The maximum atomic E-state index is 9.40. The van der Waals surface area contributed by atoms with E-state index in [-0.39, 0.29) is 6.61 Å². The van der Waals surface area contributed by atoms with Crippen molar-refractivity contribution in [2.45, 2.75) is 57.9 Å². The largest absolute Gasteiger partial charge is 0.494 e. The summed E-state index contributed by atoms with van der Waals surface area (Å²) in [5, 5.41) is 9.40. The lowest BCUT2D eigenvalue weighted by Crippen LogP contribution is -2.42. The molecular formula is C19H29NO2. The quantitative estimate of drug-likeness (QED) is 0.684. The third kappa shape index (κ3) is 4.34. The topological polar surface area (TPSA) is 55.5 Å². The van der Waals surface area contributed by atoms with Crippen LogP contribution in [0.2, 0.25) is 0 Å². The second-order valence-electron chi connectivity index (χ2n) is 6.55. The molecule has 1 aromatic rings. The molecule has 1 aromatic carbocycles. The van der Waals surface area contributed by atoms with Gasteiger partial charge >= 0.3 is 0 Å². The molecule has 122 valence electrons. The van der Waals surface area contributed by atoms with Crippen molar-refractivity contribution in [3.8, 4) is 5.75 Å². The summed E-state index contributed by atoms with van der Waals surface area (Å²) in [6.07, 6.45) is 9.16. The van der Waals surface area contributed by atoms with Gasteiger partial charge in [0.15, 0.2) is 0 Å². The number of benzene rings is 1. The van der Waals surface area contributed by atoms with Gasteiger partial charge in [0.2, 0.25) is 0 Å². The highest BCUT2D eigenvalue weighted by atomic mass is 16.5. The number of ether oxygens (including phenoxy) is 1. The molecule has 1 atom stereocenters. The average Bonchev–Trinajstić information content (AvgIpc) is 2.95. The first-order chi connectivity index (χ1) is 10.6. The van der Waals surface area contributed by atoms with E-state index >= 15 is 0 Å². The number of hydrogen-bond acceptors (Lipinski definition) is 3. The van der Waals surface area contributed by atoms with Crippen LogP contribution in [0.15, 0.2) is 23.8 Å². The molecule has 0 radical (unpaired) electrons. The molecule has 0 amide bonds. The SMILES string of the molecule is CCCCCCCOc1ccc2c(c1)C=C([C@@](C)(N)CO)C2. The molecule has 3 heteroatoms. The third-order valence-electron chi connectivity index (χ3n) is 4.41. The summed E-state index contributed by atoms with van der Waals surface area (Å²) < 4.78 is 5.85. The Kier molecular flexibility index (Phi) is 6.04. The predicted octanol–water partition coefficient (Wildman–Crippen LogP) is 3.69. The molecule has 0 spiro atoms. The van der Waals surface area contributed by atoms with Gasteiger partial charge in [0, 0.05) is 0 Å². The van der Waals surface area contributed by atoms with Gasteiger partial charge in [-0.2, -0.15) is 0 Å². The summed E-state index contributed by atoms with van der Waals surface area (Å²) >= 11 is 0. The van der Waals surface area contributed by atoms with Gasteiger partial charge in [-0.15, -0.1) is 0 Å². The maximum Gasteiger partial charge on any atom is 0.119 e. The third-order valence-corrected chi connectivity index (χ3v) is 4.41. The van der Waals surface area contributed by atoms with Crippen molar-refractivity contribution in [3.63, 3.8) is 0 Å². The van der Waals surface area contributed by atoms with Gasteiger partial charge in [-0.05, 0) is 48.6 Å². The number of rotatable bonds is 9. The lowest BCUT2D eigenvalue weighted by molar-refractivity contribution is 0.230. The summed E-state index contributed by atoms with van der Waals surface area (Å²) in [6.45, 7) is 4.85. The number of nitrogens with two attached hydrogens (primary N) is 1. The zero-order valence-corrected chi connectivity index (χ0v) is 13.9. The molecule has 2 rings (SSSR count). The minimum atomic E-state index is -0.640. The average molecular weight is 303 g/mol. The highest BCUT2D eigenvalue weighted by Gasteiger charge is 2.27. The van der Waals surface area contributed by atoms with E-state index in [4.69, 9.17) is 10.5 Å². The van der Waals surface area contributed by atoms with E-state index in [9.17, 15) is 5.11 Å². The Hall–Kier alpha value is -1.32. The van der Waals surface area contributed by atoms with Gasteiger partial charge in [-0.3, -0.25) is 0 Å². The van der Waals surface area contributed by atoms with Gasteiger partial charge in [0.1, 0.15) is 5.75 Å². The monoisotopic (exact) mass is 303 g/mol. The van der Waals surface area contributed by atoms with Crippen LogP contribution in [0.4, 0.5) is 0 Å². The Morgan fingerprint density at radius 2 is 2.00 bits per heavy atom. The maximum absolute atomic E-state index is 9.40. The first-order valence-corrected chi connectivity index (χ1v) is 8.43. The van der Waals surface area contributed by atoms with E-state index in [1.807, 2.05) is 13.0 Å². The highest BCUT2D eigenvalue weighted by Crippen LogP contribution is 2.32. The molecule has 0 bridgehead atoms. The van der Waals surface area contributed by atoms with Crippen LogP contribution in [0.3, 0.4) is 0 Å². The van der Waals surface area contributed by atoms with E-state index in [0.717, 1.165) is 30.8 Å². The Morgan fingerprint density at radius 3 is 2.73 bits per heavy atom. The van der Waals surface area contributed by atoms with Crippen LogP contribution >= 0.6 is 0 Å². The van der Waals surface area contributed by atoms with Gasteiger partial charge in [-0.25, -0.2) is 0 Å². The fourth-order valence-electron chi connectivity index (χ4n) is 2.77. The smallest absolute Gasteiger partial charge is 0.119 e. The van der Waals surface area contributed by atoms with Crippen molar-refractivity contribution in [1.82, 2.24) is 0 Å². The molecule has 0 fully saturated rings. The van der Waals surface area contributed by atoms with Crippen LogP contribution in [0.1, 0.15) is 57.1 Å². The van der Waals surface area contributed by atoms with E-state index in [0.29, 0.717) is 0 Å². The van der Waals surface area contributed by atoms with Crippen LogP contribution < -0.4 is 10.5 Å². The summed E-state index contributed by atoms with van der Waals surface area (Å²) in [5.74, 6) is 0.925. The molecule has 0 heterocycles. The predicted molar refractivity (Wildman–Crippen MR) is 92.1 cm³/mol. The van der Waals surface area contributed by atoms with Gasteiger partial charge in [0.05, 0.1) is 18.8 Å².